The predicted molar refractivity (Wildman–Crippen MR) is 55.5 cm³/mol. The largest absolute Gasteiger partial charge is 0.393 e. The Kier molecular flexibility index (Phi) is 3.54. The Bertz CT molecular complexity index is 341. The van der Waals surface area contributed by atoms with Gasteiger partial charge in [0.25, 0.3) is 0 Å². The van der Waals surface area contributed by atoms with Gasteiger partial charge in [0.1, 0.15) is 5.60 Å². The minimum Gasteiger partial charge on any atom is -0.393 e. The molecule has 0 spiro atoms. The predicted octanol–water partition coefficient (Wildman–Crippen LogP) is -0.356. The second-order valence-electron chi connectivity index (χ2n) is 3.81. The lowest BCUT2D eigenvalue weighted by atomic mass is 10.1. The highest BCUT2D eigenvalue weighted by Gasteiger charge is 2.18. The van der Waals surface area contributed by atoms with Crippen LogP contribution in [0.4, 0.5) is 5.95 Å². The van der Waals surface area contributed by atoms with Gasteiger partial charge in [-0.3, -0.25) is 0 Å². The topological polar surface area (TPSA) is 91.2 Å². The summed E-state index contributed by atoms with van der Waals surface area (Å²) in [5.41, 5.74) is 0.382. The molecule has 1 atom stereocenters. The van der Waals surface area contributed by atoms with Crippen molar-refractivity contribution in [2.75, 3.05) is 18.5 Å². The van der Waals surface area contributed by atoms with E-state index in [1.807, 2.05) is 13.8 Å². The molecular formula is C9H16N4O2. The number of nitrogens with zero attached hydrogens (tertiary/aromatic N) is 3. The Morgan fingerprint density at radius 1 is 1.27 bits per heavy atom. The SMILES string of the molecule is Cc1nnc(NCC(C)(O)CO)nc1C. The maximum atomic E-state index is 9.52. The van der Waals surface area contributed by atoms with E-state index in [-0.39, 0.29) is 13.2 Å². The molecule has 0 fully saturated rings. The summed E-state index contributed by atoms with van der Waals surface area (Å²) in [6, 6.07) is 0. The Morgan fingerprint density at radius 3 is 2.47 bits per heavy atom. The van der Waals surface area contributed by atoms with Gasteiger partial charge in [-0.25, -0.2) is 4.98 Å². The van der Waals surface area contributed by atoms with Crippen molar-refractivity contribution < 1.29 is 10.2 Å². The summed E-state index contributed by atoms with van der Waals surface area (Å²) in [7, 11) is 0. The van der Waals surface area contributed by atoms with Gasteiger partial charge in [-0.15, -0.1) is 5.10 Å². The number of aliphatic hydroxyl groups is 2. The number of hydrogen-bond donors (Lipinski definition) is 3. The van der Waals surface area contributed by atoms with Crippen LogP contribution in [0.3, 0.4) is 0 Å². The average molecular weight is 212 g/mol. The average Bonchev–Trinajstić information content (AvgIpc) is 2.20. The van der Waals surface area contributed by atoms with Crippen LogP contribution in [0.15, 0.2) is 0 Å². The molecule has 0 aliphatic rings. The summed E-state index contributed by atoms with van der Waals surface area (Å²) < 4.78 is 0. The molecule has 1 unspecified atom stereocenters. The van der Waals surface area contributed by atoms with E-state index in [2.05, 4.69) is 20.5 Å². The Labute approximate surface area is 88.4 Å². The summed E-state index contributed by atoms with van der Waals surface area (Å²) in [4.78, 5) is 4.13. The second-order valence-corrected chi connectivity index (χ2v) is 3.81. The number of rotatable bonds is 4. The van der Waals surface area contributed by atoms with Gasteiger partial charge in [-0.05, 0) is 20.8 Å². The van der Waals surface area contributed by atoms with E-state index >= 15 is 0 Å². The van der Waals surface area contributed by atoms with Crippen molar-refractivity contribution in [2.45, 2.75) is 26.4 Å². The van der Waals surface area contributed by atoms with Crippen LogP contribution in [-0.2, 0) is 0 Å². The van der Waals surface area contributed by atoms with Crippen molar-refractivity contribution in [3.8, 4) is 0 Å². The molecule has 0 amide bonds. The number of aliphatic hydroxyl groups excluding tert-OH is 1. The number of nitrogens with one attached hydrogen (secondary N) is 1. The van der Waals surface area contributed by atoms with E-state index in [0.29, 0.717) is 5.95 Å². The zero-order valence-corrected chi connectivity index (χ0v) is 9.15. The summed E-state index contributed by atoms with van der Waals surface area (Å²) in [6.07, 6.45) is 0. The third-order valence-corrected chi connectivity index (χ3v) is 2.06. The lowest BCUT2D eigenvalue weighted by molar-refractivity contribution is 0.0131. The Balaban J connectivity index is 2.62. The number of aryl methyl sites for hydroxylation is 2. The molecule has 1 rings (SSSR count). The van der Waals surface area contributed by atoms with E-state index < -0.39 is 5.60 Å². The summed E-state index contributed by atoms with van der Waals surface area (Å²) in [5.74, 6) is 0.354. The van der Waals surface area contributed by atoms with Crippen molar-refractivity contribution in [2.24, 2.45) is 0 Å². The van der Waals surface area contributed by atoms with Crippen molar-refractivity contribution in [1.29, 1.82) is 0 Å². The maximum absolute atomic E-state index is 9.52. The number of anilines is 1. The van der Waals surface area contributed by atoms with Crippen LogP contribution in [0.25, 0.3) is 0 Å². The van der Waals surface area contributed by atoms with Crippen LogP contribution >= 0.6 is 0 Å². The van der Waals surface area contributed by atoms with Gasteiger partial charge < -0.3 is 15.5 Å². The monoisotopic (exact) mass is 212 g/mol. The molecule has 0 aliphatic carbocycles. The Morgan fingerprint density at radius 2 is 1.93 bits per heavy atom. The van der Waals surface area contributed by atoms with Crippen molar-refractivity contribution in [3.63, 3.8) is 0 Å². The first-order valence-electron chi connectivity index (χ1n) is 4.69. The molecule has 0 saturated heterocycles. The molecule has 3 N–H and O–H groups in total. The number of aromatic nitrogens is 3. The highest BCUT2D eigenvalue weighted by Crippen LogP contribution is 2.05. The molecule has 1 aromatic heterocycles. The van der Waals surface area contributed by atoms with Crippen LogP contribution in [-0.4, -0.2) is 44.1 Å². The first kappa shape index (κ1) is 11.8. The van der Waals surface area contributed by atoms with Crippen LogP contribution in [0.2, 0.25) is 0 Å². The standard InChI is InChI=1S/C9H16N4O2/c1-6-7(2)12-13-8(11-6)10-4-9(3,15)5-14/h14-15H,4-5H2,1-3H3,(H,10,11,13). The molecule has 0 aromatic carbocycles. The van der Waals surface area contributed by atoms with Crippen LogP contribution in [0.5, 0.6) is 0 Å². The molecule has 6 nitrogen and oxygen atoms in total. The lowest BCUT2D eigenvalue weighted by Gasteiger charge is -2.20. The zero-order valence-electron chi connectivity index (χ0n) is 9.15. The zero-order chi connectivity index (χ0) is 11.5. The summed E-state index contributed by atoms with van der Waals surface area (Å²) in [6.45, 7) is 5.03. The van der Waals surface area contributed by atoms with Gasteiger partial charge in [-0.1, -0.05) is 0 Å². The highest BCUT2D eigenvalue weighted by molar-refractivity contribution is 5.25. The van der Waals surface area contributed by atoms with Gasteiger partial charge in [0, 0.05) is 6.54 Å². The molecule has 0 radical (unpaired) electrons. The van der Waals surface area contributed by atoms with Gasteiger partial charge >= 0.3 is 0 Å². The maximum Gasteiger partial charge on any atom is 0.243 e. The van der Waals surface area contributed by atoms with Crippen LogP contribution < -0.4 is 5.32 Å². The van der Waals surface area contributed by atoms with Gasteiger partial charge in [0.15, 0.2) is 0 Å². The third-order valence-electron chi connectivity index (χ3n) is 2.06. The molecule has 15 heavy (non-hydrogen) atoms. The molecule has 1 heterocycles. The van der Waals surface area contributed by atoms with E-state index in [1.54, 1.807) is 0 Å². The van der Waals surface area contributed by atoms with Gasteiger partial charge in [0.05, 0.1) is 18.0 Å². The van der Waals surface area contributed by atoms with Crippen molar-refractivity contribution >= 4 is 5.95 Å². The molecular weight excluding hydrogens is 196 g/mol. The van der Waals surface area contributed by atoms with E-state index in [0.717, 1.165) is 11.4 Å². The molecule has 0 bridgehead atoms. The second kappa shape index (κ2) is 4.50. The number of hydrogen-bond acceptors (Lipinski definition) is 6. The minimum absolute atomic E-state index is 0.174. The first-order chi connectivity index (χ1) is 6.94. The van der Waals surface area contributed by atoms with E-state index in [9.17, 15) is 5.11 Å². The Hall–Kier alpha value is -1.27. The molecule has 0 saturated carbocycles. The fourth-order valence-corrected chi connectivity index (χ4v) is 0.857. The van der Waals surface area contributed by atoms with Gasteiger partial charge in [-0.2, -0.15) is 5.10 Å². The van der Waals surface area contributed by atoms with Crippen LogP contribution in [0.1, 0.15) is 18.3 Å². The summed E-state index contributed by atoms with van der Waals surface area (Å²) >= 11 is 0. The third kappa shape index (κ3) is 3.41. The highest BCUT2D eigenvalue weighted by atomic mass is 16.3. The smallest absolute Gasteiger partial charge is 0.243 e. The molecule has 84 valence electrons. The van der Waals surface area contributed by atoms with E-state index in [1.165, 1.54) is 6.92 Å². The van der Waals surface area contributed by atoms with Gasteiger partial charge in [0.2, 0.25) is 5.95 Å². The molecule has 1 aromatic rings. The fourth-order valence-electron chi connectivity index (χ4n) is 0.857. The molecule has 6 heteroatoms. The van der Waals surface area contributed by atoms with E-state index in [4.69, 9.17) is 5.11 Å². The van der Waals surface area contributed by atoms with Crippen molar-refractivity contribution in [3.05, 3.63) is 11.4 Å². The molecule has 0 aliphatic heterocycles. The van der Waals surface area contributed by atoms with Crippen molar-refractivity contribution in [1.82, 2.24) is 15.2 Å². The fraction of sp³-hybridized carbons (Fsp3) is 0.667. The lowest BCUT2D eigenvalue weighted by Crippen LogP contribution is -2.37. The van der Waals surface area contributed by atoms with Crippen LogP contribution in [0, 0.1) is 13.8 Å². The summed E-state index contributed by atoms with van der Waals surface area (Å²) in [5, 5.41) is 28.9. The normalized spacial score (nSPS) is 14.7. The minimum atomic E-state index is -1.18. The quantitative estimate of drug-likeness (QED) is 0.631. The first-order valence-corrected chi connectivity index (χ1v) is 4.69.